The number of hydrogen-bond donors (Lipinski definition) is 1. The van der Waals surface area contributed by atoms with Crippen LogP contribution in [0.4, 0.5) is 11.4 Å². The summed E-state index contributed by atoms with van der Waals surface area (Å²) < 4.78 is 31.4. The van der Waals surface area contributed by atoms with E-state index in [0.717, 1.165) is 17.4 Å². The number of hydrogen-bond acceptors (Lipinski definition) is 4. The van der Waals surface area contributed by atoms with Gasteiger partial charge < -0.3 is 10.1 Å². The van der Waals surface area contributed by atoms with Gasteiger partial charge in [0, 0.05) is 0 Å². The second kappa shape index (κ2) is 8.43. The number of carbonyl (C=O) groups excluding carboxylic acids is 1. The van der Waals surface area contributed by atoms with Crippen LogP contribution in [0.5, 0.6) is 5.75 Å². The quantitative estimate of drug-likeness (QED) is 0.785. The van der Waals surface area contributed by atoms with Crippen molar-refractivity contribution in [3.63, 3.8) is 0 Å². The molecule has 0 spiro atoms. The van der Waals surface area contributed by atoms with E-state index >= 15 is 0 Å². The first-order valence-corrected chi connectivity index (χ1v) is 10.5. The highest BCUT2D eigenvalue weighted by Crippen LogP contribution is 2.28. The number of benzene rings is 2. The van der Waals surface area contributed by atoms with Crippen LogP contribution >= 0.6 is 0 Å². The third-order valence-electron chi connectivity index (χ3n) is 4.23. The Bertz CT molecular complexity index is 908. The zero-order valence-corrected chi connectivity index (χ0v) is 17.1. The van der Waals surface area contributed by atoms with Crippen LogP contribution in [0.1, 0.15) is 24.5 Å². The molecule has 27 heavy (non-hydrogen) atoms. The van der Waals surface area contributed by atoms with E-state index in [9.17, 15) is 13.2 Å². The maximum absolute atomic E-state index is 13.0. The number of methoxy groups -OCH3 is 1. The van der Waals surface area contributed by atoms with Gasteiger partial charge >= 0.3 is 0 Å². The molecule has 0 heterocycles. The Balaban J connectivity index is 2.41. The summed E-state index contributed by atoms with van der Waals surface area (Å²) in [6.45, 7) is 5.61. The molecule has 0 fully saturated rings. The molecule has 0 saturated carbocycles. The number of rotatable bonds is 7. The Morgan fingerprint density at radius 2 is 1.70 bits per heavy atom. The fourth-order valence-electron chi connectivity index (χ4n) is 2.89. The fourth-order valence-corrected chi connectivity index (χ4v) is 4.10. The molecule has 2 aromatic rings. The summed E-state index contributed by atoms with van der Waals surface area (Å²) in [5, 5.41) is 2.82. The second-order valence-electron chi connectivity index (χ2n) is 6.51. The summed E-state index contributed by atoms with van der Waals surface area (Å²) in [6.07, 6.45) is 1.43. The third-order valence-corrected chi connectivity index (χ3v) is 5.41. The molecule has 1 unspecified atom stereocenters. The summed E-state index contributed by atoms with van der Waals surface area (Å²) in [4.78, 5) is 13.0. The lowest BCUT2D eigenvalue weighted by atomic mass is 10.1. The van der Waals surface area contributed by atoms with Crippen molar-refractivity contribution in [1.29, 1.82) is 0 Å². The monoisotopic (exact) mass is 390 g/mol. The number of carbonyl (C=O) groups is 1. The van der Waals surface area contributed by atoms with Crippen molar-refractivity contribution >= 4 is 27.3 Å². The molecule has 0 radical (unpaired) electrons. The van der Waals surface area contributed by atoms with Gasteiger partial charge in [-0.25, -0.2) is 8.42 Å². The van der Waals surface area contributed by atoms with Crippen LogP contribution in [0.3, 0.4) is 0 Å². The molecule has 0 aliphatic heterocycles. The van der Waals surface area contributed by atoms with Gasteiger partial charge in [-0.15, -0.1) is 0 Å². The summed E-state index contributed by atoms with van der Waals surface area (Å²) >= 11 is 0. The maximum atomic E-state index is 13.0. The molecule has 1 atom stereocenters. The number of aryl methyl sites for hydroxylation is 2. The first-order chi connectivity index (χ1) is 12.7. The molecule has 0 aromatic heterocycles. The largest absolute Gasteiger partial charge is 0.495 e. The lowest BCUT2D eigenvalue weighted by Crippen LogP contribution is -2.47. The first-order valence-electron chi connectivity index (χ1n) is 8.69. The van der Waals surface area contributed by atoms with Crippen molar-refractivity contribution in [2.75, 3.05) is 23.0 Å². The zero-order chi connectivity index (χ0) is 20.2. The highest BCUT2D eigenvalue weighted by molar-refractivity contribution is 7.92. The molecule has 1 amide bonds. The van der Waals surface area contributed by atoms with Crippen LogP contribution in [0.2, 0.25) is 0 Å². The van der Waals surface area contributed by atoms with Gasteiger partial charge in [-0.3, -0.25) is 9.10 Å². The lowest BCUT2D eigenvalue weighted by molar-refractivity contribution is -0.117. The van der Waals surface area contributed by atoms with Crippen molar-refractivity contribution < 1.29 is 17.9 Å². The second-order valence-corrected chi connectivity index (χ2v) is 8.37. The third kappa shape index (κ3) is 5.01. The molecule has 0 aliphatic carbocycles. The van der Waals surface area contributed by atoms with E-state index in [4.69, 9.17) is 4.74 Å². The van der Waals surface area contributed by atoms with Crippen LogP contribution in [-0.4, -0.2) is 33.7 Å². The number of nitrogens with one attached hydrogen (secondary N) is 1. The van der Waals surface area contributed by atoms with Crippen molar-refractivity contribution in [1.82, 2.24) is 0 Å². The van der Waals surface area contributed by atoms with E-state index < -0.39 is 22.0 Å². The number of sulfonamides is 1. The molecule has 2 aromatic carbocycles. The molecule has 146 valence electrons. The van der Waals surface area contributed by atoms with Crippen LogP contribution < -0.4 is 14.4 Å². The molecule has 2 rings (SSSR count). The topological polar surface area (TPSA) is 75.7 Å². The van der Waals surface area contributed by atoms with Gasteiger partial charge in [0.05, 0.1) is 24.7 Å². The minimum Gasteiger partial charge on any atom is -0.495 e. The van der Waals surface area contributed by atoms with Gasteiger partial charge in [-0.1, -0.05) is 30.7 Å². The molecular weight excluding hydrogens is 364 g/mol. The van der Waals surface area contributed by atoms with E-state index in [1.807, 2.05) is 32.0 Å². The Kier molecular flexibility index (Phi) is 6.49. The van der Waals surface area contributed by atoms with Crippen LogP contribution in [-0.2, 0) is 14.8 Å². The Morgan fingerprint density at radius 3 is 2.22 bits per heavy atom. The molecule has 6 nitrogen and oxygen atoms in total. The van der Waals surface area contributed by atoms with E-state index in [-0.39, 0.29) is 0 Å². The van der Waals surface area contributed by atoms with E-state index in [1.165, 1.54) is 11.4 Å². The van der Waals surface area contributed by atoms with Crippen molar-refractivity contribution in [3.05, 3.63) is 53.6 Å². The number of nitrogens with zero attached hydrogens (tertiary/aromatic N) is 1. The minimum absolute atomic E-state index is 0.320. The zero-order valence-electron chi connectivity index (χ0n) is 16.3. The molecule has 0 saturated heterocycles. The van der Waals surface area contributed by atoms with Crippen molar-refractivity contribution in [3.8, 4) is 5.75 Å². The number of amides is 1. The predicted octanol–water partition coefficient (Wildman–Crippen LogP) is 3.50. The van der Waals surface area contributed by atoms with Gasteiger partial charge in [-0.05, 0) is 50.1 Å². The van der Waals surface area contributed by atoms with E-state index in [1.54, 1.807) is 31.2 Å². The smallest absolute Gasteiger partial charge is 0.248 e. The average molecular weight is 391 g/mol. The van der Waals surface area contributed by atoms with E-state index in [0.29, 0.717) is 23.5 Å². The van der Waals surface area contributed by atoms with Crippen LogP contribution in [0.25, 0.3) is 0 Å². The Labute approximate surface area is 161 Å². The summed E-state index contributed by atoms with van der Waals surface area (Å²) in [5.41, 5.74) is 2.94. The van der Waals surface area contributed by atoms with Gasteiger partial charge in [0.25, 0.3) is 0 Å². The first kappa shape index (κ1) is 20.8. The standard InChI is InChI=1S/C20H26N2O4S/c1-6-18(20(23)21-17-13-15(3)9-12-19(17)26-4)22(27(5,24)25)16-10-7-14(2)8-11-16/h7-13,18H,6H2,1-5H3,(H,21,23). The minimum atomic E-state index is -3.66. The normalized spacial score (nSPS) is 12.3. The van der Waals surface area contributed by atoms with E-state index in [2.05, 4.69) is 5.32 Å². The van der Waals surface area contributed by atoms with Gasteiger partial charge in [0.1, 0.15) is 11.8 Å². The van der Waals surface area contributed by atoms with Crippen LogP contribution in [0, 0.1) is 13.8 Å². The molecule has 1 N–H and O–H groups in total. The van der Waals surface area contributed by atoms with Gasteiger partial charge in [0.2, 0.25) is 15.9 Å². The van der Waals surface area contributed by atoms with Crippen molar-refractivity contribution in [2.45, 2.75) is 33.2 Å². The van der Waals surface area contributed by atoms with Crippen LogP contribution in [0.15, 0.2) is 42.5 Å². The summed E-state index contributed by atoms with van der Waals surface area (Å²) in [7, 11) is -2.14. The highest BCUT2D eigenvalue weighted by atomic mass is 32.2. The molecular formula is C20H26N2O4S. The molecule has 0 aliphatic rings. The molecule has 0 bridgehead atoms. The predicted molar refractivity (Wildman–Crippen MR) is 109 cm³/mol. The van der Waals surface area contributed by atoms with Gasteiger partial charge in [-0.2, -0.15) is 0 Å². The van der Waals surface area contributed by atoms with Gasteiger partial charge in [0.15, 0.2) is 0 Å². The van der Waals surface area contributed by atoms with Crippen molar-refractivity contribution in [2.24, 2.45) is 0 Å². The molecule has 7 heteroatoms. The Hall–Kier alpha value is -2.54. The summed E-state index contributed by atoms with van der Waals surface area (Å²) in [6, 6.07) is 11.6. The summed E-state index contributed by atoms with van der Waals surface area (Å²) in [5.74, 6) is 0.109. The SMILES string of the molecule is CCC(C(=O)Nc1cc(C)ccc1OC)N(c1ccc(C)cc1)S(C)(=O)=O. The number of anilines is 2. The Morgan fingerprint density at radius 1 is 1.11 bits per heavy atom. The lowest BCUT2D eigenvalue weighted by Gasteiger charge is -2.30. The fraction of sp³-hybridized carbons (Fsp3) is 0.350. The maximum Gasteiger partial charge on any atom is 0.248 e. The highest BCUT2D eigenvalue weighted by Gasteiger charge is 2.31. The number of ether oxygens (including phenoxy) is 1. The average Bonchev–Trinajstić information content (AvgIpc) is 2.59.